The lowest BCUT2D eigenvalue weighted by molar-refractivity contribution is 0.953. The maximum absolute atomic E-state index is 5.09. The van der Waals surface area contributed by atoms with Crippen LogP contribution in [0.1, 0.15) is 22.3 Å². The molecule has 0 N–H and O–H groups in total. The Bertz CT molecular complexity index is 3430. The van der Waals surface area contributed by atoms with Gasteiger partial charge in [-0.25, -0.2) is 0 Å². The fourth-order valence-corrected chi connectivity index (χ4v) is 9.77. The summed E-state index contributed by atoms with van der Waals surface area (Å²) in [6.45, 7) is 4.39. The van der Waals surface area contributed by atoms with Crippen molar-refractivity contribution in [3.63, 3.8) is 0 Å². The molecule has 3 aromatic heterocycles. The average Bonchev–Trinajstić information content (AvgIpc) is 3.43. The van der Waals surface area contributed by atoms with Crippen molar-refractivity contribution in [3.05, 3.63) is 271 Å². The molecular weight excluding hydrogens is 847 g/mol. The number of pyridine rings is 3. The molecule has 0 aliphatic heterocycles. The molecule has 0 aliphatic rings. The molecule has 0 saturated carbocycles. The molecular formula is C67H51N3. The topological polar surface area (TPSA) is 38.7 Å². The van der Waals surface area contributed by atoms with Crippen LogP contribution in [-0.4, -0.2) is 15.0 Å². The molecule has 0 bridgehead atoms. The molecule has 0 fully saturated rings. The van der Waals surface area contributed by atoms with Gasteiger partial charge in [0.15, 0.2) is 0 Å². The zero-order chi connectivity index (χ0) is 47.2. The molecule has 0 atom stereocenters. The first-order valence-corrected chi connectivity index (χ1v) is 24.1. The van der Waals surface area contributed by atoms with Crippen LogP contribution in [0.5, 0.6) is 0 Å². The van der Waals surface area contributed by atoms with E-state index in [1.807, 2.05) is 24.5 Å². The van der Waals surface area contributed by atoms with Gasteiger partial charge in [0.05, 0.1) is 17.1 Å². The molecule has 3 heterocycles. The number of benzene rings is 8. The van der Waals surface area contributed by atoms with Crippen molar-refractivity contribution in [3.8, 4) is 101 Å². The molecule has 3 nitrogen and oxygen atoms in total. The SMILES string of the molecule is Cc1cc(-c2ccccc2)ncc1-c1ccccc1-c1cc(CCc2cnc(-c3ccccc3)cc2-c2ccc(-c3ccccc3)cc2)cc(-c2ccccc2-c2cnc(-c3ccccc3)cc2C)c1. The van der Waals surface area contributed by atoms with Gasteiger partial charge in [0, 0.05) is 46.4 Å². The first-order valence-electron chi connectivity index (χ1n) is 24.1. The van der Waals surface area contributed by atoms with Crippen LogP contribution in [0.2, 0.25) is 0 Å². The molecule has 0 aliphatic carbocycles. The molecule has 3 heteroatoms. The third-order valence-electron chi connectivity index (χ3n) is 13.5. The highest BCUT2D eigenvalue weighted by Crippen LogP contribution is 2.41. The highest BCUT2D eigenvalue weighted by molar-refractivity contribution is 5.91. The Hall–Kier alpha value is -8.79. The van der Waals surface area contributed by atoms with Crippen LogP contribution >= 0.6 is 0 Å². The van der Waals surface area contributed by atoms with Crippen LogP contribution in [0.25, 0.3) is 101 Å². The summed E-state index contributed by atoms with van der Waals surface area (Å²) in [6.07, 6.45) is 7.81. The van der Waals surface area contributed by atoms with Crippen molar-refractivity contribution in [2.75, 3.05) is 0 Å². The second-order valence-electron chi connectivity index (χ2n) is 18.0. The Morgan fingerprint density at radius 1 is 0.257 bits per heavy atom. The normalized spacial score (nSPS) is 11.1. The molecule has 8 aromatic carbocycles. The second kappa shape index (κ2) is 19.8. The van der Waals surface area contributed by atoms with Gasteiger partial charge < -0.3 is 0 Å². The van der Waals surface area contributed by atoms with Crippen LogP contribution in [0.15, 0.2) is 249 Å². The number of aromatic nitrogens is 3. The van der Waals surface area contributed by atoms with E-state index in [2.05, 4.69) is 238 Å². The van der Waals surface area contributed by atoms with Crippen LogP contribution in [0.4, 0.5) is 0 Å². The first kappa shape index (κ1) is 43.8. The van der Waals surface area contributed by atoms with E-state index in [0.717, 1.165) is 80.0 Å². The van der Waals surface area contributed by atoms with E-state index in [4.69, 9.17) is 15.0 Å². The molecule has 11 aromatic rings. The Balaban J connectivity index is 1.02. The molecule has 0 unspecified atom stereocenters. The predicted molar refractivity (Wildman–Crippen MR) is 292 cm³/mol. The van der Waals surface area contributed by atoms with Crippen molar-refractivity contribution in [2.24, 2.45) is 0 Å². The summed E-state index contributed by atoms with van der Waals surface area (Å²) in [4.78, 5) is 15.1. The Labute approximate surface area is 411 Å². The Morgan fingerprint density at radius 2 is 0.629 bits per heavy atom. The van der Waals surface area contributed by atoms with E-state index >= 15 is 0 Å². The summed E-state index contributed by atoms with van der Waals surface area (Å²) in [5.74, 6) is 0. The lowest BCUT2D eigenvalue weighted by atomic mass is 9.87. The molecule has 0 amide bonds. The molecule has 70 heavy (non-hydrogen) atoms. The van der Waals surface area contributed by atoms with Crippen LogP contribution in [0, 0.1) is 13.8 Å². The first-order chi connectivity index (χ1) is 34.5. The van der Waals surface area contributed by atoms with Gasteiger partial charge in [0.2, 0.25) is 0 Å². The molecule has 0 radical (unpaired) electrons. The van der Waals surface area contributed by atoms with Gasteiger partial charge in [0.25, 0.3) is 0 Å². The lowest BCUT2D eigenvalue weighted by Crippen LogP contribution is -1.99. The standard InChI is InChI=1S/C67H51N3/c1-46-37-65(52-21-9-4-10-22-52)69-44-63(46)60-29-17-15-27-58(60)56-39-48(40-57(41-56)59-28-16-18-30-61(59)64-45-70-66(38-47(64)2)53-23-11-5-12-24-53)31-32-55-43-68-67(54-25-13-6-14-26-54)42-62(55)51-35-33-50(34-36-51)49-19-7-3-8-20-49/h3-30,33-45H,31-32H2,1-2H3. The minimum absolute atomic E-state index is 0.804. The van der Waals surface area contributed by atoms with Crippen molar-refractivity contribution >= 4 is 0 Å². The van der Waals surface area contributed by atoms with E-state index in [9.17, 15) is 0 Å². The molecule has 0 saturated heterocycles. The van der Waals surface area contributed by atoms with E-state index in [0.29, 0.717) is 0 Å². The molecule has 11 rings (SSSR count). The monoisotopic (exact) mass is 897 g/mol. The fourth-order valence-electron chi connectivity index (χ4n) is 9.77. The van der Waals surface area contributed by atoms with Crippen molar-refractivity contribution < 1.29 is 0 Å². The van der Waals surface area contributed by atoms with Crippen molar-refractivity contribution in [1.82, 2.24) is 15.0 Å². The predicted octanol–water partition coefficient (Wildman–Crippen LogP) is 17.3. The molecule has 0 spiro atoms. The largest absolute Gasteiger partial charge is 0.256 e. The minimum atomic E-state index is 0.804. The number of aryl methyl sites for hydroxylation is 4. The van der Waals surface area contributed by atoms with E-state index in [-0.39, 0.29) is 0 Å². The van der Waals surface area contributed by atoms with Crippen molar-refractivity contribution in [2.45, 2.75) is 26.7 Å². The highest BCUT2D eigenvalue weighted by atomic mass is 14.7. The van der Waals surface area contributed by atoms with Crippen LogP contribution in [-0.2, 0) is 12.8 Å². The third kappa shape index (κ3) is 9.26. The number of nitrogens with zero attached hydrogens (tertiary/aromatic N) is 3. The maximum Gasteiger partial charge on any atom is 0.0708 e. The number of rotatable bonds is 12. The quantitative estimate of drug-likeness (QED) is 0.123. The van der Waals surface area contributed by atoms with Crippen LogP contribution in [0.3, 0.4) is 0 Å². The highest BCUT2D eigenvalue weighted by Gasteiger charge is 2.18. The smallest absolute Gasteiger partial charge is 0.0708 e. The third-order valence-corrected chi connectivity index (χ3v) is 13.5. The van der Waals surface area contributed by atoms with Crippen molar-refractivity contribution in [1.29, 1.82) is 0 Å². The number of hydrogen-bond donors (Lipinski definition) is 0. The van der Waals surface area contributed by atoms with E-state index in [1.165, 1.54) is 55.6 Å². The minimum Gasteiger partial charge on any atom is -0.256 e. The zero-order valence-corrected chi connectivity index (χ0v) is 39.4. The van der Waals surface area contributed by atoms with Gasteiger partial charge in [-0.15, -0.1) is 0 Å². The van der Waals surface area contributed by atoms with Gasteiger partial charge in [-0.2, -0.15) is 0 Å². The summed E-state index contributed by atoms with van der Waals surface area (Å²) >= 11 is 0. The van der Waals surface area contributed by atoms with Gasteiger partial charge in [-0.1, -0.05) is 206 Å². The van der Waals surface area contributed by atoms with Crippen LogP contribution < -0.4 is 0 Å². The van der Waals surface area contributed by atoms with Gasteiger partial charge in [0.1, 0.15) is 0 Å². The van der Waals surface area contributed by atoms with Gasteiger partial charge in [-0.3, -0.25) is 15.0 Å². The second-order valence-corrected chi connectivity index (χ2v) is 18.0. The summed E-state index contributed by atoms with van der Waals surface area (Å²) in [6, 6.07) is 82.3. The lowest BCUT2D eigenvalue weighted by Gasteiger charge is -2.18. The molecule has 334 valence electrons. The average molecular weight is 898 g/mol. The maximum atomic E-state index is 5.09. The zero-order valence-electron chi connectivity index (χ0n) is 39.4. The fraction of sp³-hybridized carbons (Fsp3) is 0.0597. The summed E-state index contributed by atoms with van der Waals surface area (Å²) in [7, 11) is 0. The Morgan fingerprint density at radius 3 is 1.09 bits per heavy atom. The summed E-state index contributed by atoms with van der Waals surface area (Å²) in [5.41, 5.74) is 25.0. The van der Waals surface area contributed by atoms with E-state index in [1.54, 1.807) is 0 Å². The summed E-state index contributed by atoms with van der Waals surface area (Å²) in [5, 5.41) is 0. The van der Waals surface area contributed by atoms with Gasteiger partial charge >= 0.3 is 0 Å². The van der Waals surface area contributed by atoms with Gasteiger partial charge in [-0.05, 0) is 129 Å². The number of hydrogen-bond acceptors (Lipinski definition) is 3. The Kier molecular flexibility index (Phi) is 12.4. The van der Waals surface area contributed by atoms with E-state index < -0.39 is 0 Å². The summed E-state index contributed by atoms with van der Waals surface area (Å²) < 4.78 is 0.